The summed E-state index contributed by atoms with van der Waals surface area (Å²) in [5, 5.41) is 49.9. The number of benzene rings is 2. The van der Waals surface area contributed by atoms with Crippen LogP contribution in [0.5, 0.6) is 17.2 Å². The van der Waals surface area contributed by atoms with E-state index >= 15 is 0 Å². The first kappa shape index (κ1) is 29.5. The van der Waals surface area contributed by atoms with Crippen LogP contribution in [0.15, 0.2) is 18.2 Å². The molecule has 2 amide bonds. The van der Waals surface area contributed by atoms with Gasteiger partial charge in [-0.3, -0.25) is 14.4 Å². The number of nitrogens with one attached hydrogen (secondary N) is 2. The maximum atomic E-state index is 13.7. The number of rotatable bonds is 5. The van der Waals surface area contributed by atoms with Gasteiger partial charge in [0.1, 0.15) is 29.0 Å². The number of phenolic OH excluding ortho intramolecular Hbond substituents is 2. The highest BCUT2D eigenvalue weighted by Gasteiger charge is 2.49. The highest BCUT2D eigenvalue weighted by molar-refractivity contribution is 6.31. The van der Waals surface area contributed by atoms with Crippen molar-refractivity contribution in [3.63, 3.8) is 0 Å². The van der Waals surface area contributed by atoms with Crippen LogP contribution in [0.1, 0.15) is 75.8 Å². The van der Waals surface area contributed by atoms with Crippen molar-refractivity contribution in [2.75, 3.05) is 14.2 Å². The smallest absolute Gasteiger partial charge is 0.314 e. The lowest BCUT2D eigenvalue weighted by Crippen LogP contribution is -2.57. The molecule has 224 valence electrons. The quantitative estimate of drug-likeness (QED) is 0.234. The lowest BCUT2D eigenvalue weighted by atomic mass is 9.72. The summed E-state index contributed by atoms with van der Waals surface area (Å²) in [5.41, 5.74) is -3.30. The van der Waals surface area contributed by atoms with Gasteiger partial charge >= 0.3 is 6.03 Å². The average Bonchev–Trinajstić information content (AvgIpc) is 2.95. The molecule has 0 aromatic heterocycles. The number of aliphatic hydroxyl groups is 2. The zero-order valence-electron chi connectivity index (χ0n) is 23.4. The molecule has 1 fully saturated rings. The summed E-state index contributed by atoms with van der Waals surface area (Å²) >= 11 is 0. The van der Waals surface area contributed by atoms with Crippen LogP contribution in [0.3, 0.4) is 0 Å². The Balaban J connectivity index is 1.62. The van der Waals surface area contributed by atoms with Gasteiger partial charge in [0, 0.05) is 43.0 Å². The Morgan fingerprint density at radius 2 is 1.79 bits per heavy atom. The predicted molar refractivity (Wildman–Crippen MR) is 144 cm³/mol. The van der Waals surface area contributed by atoms with Crippen molar-refractivity contribution in [2.45, 2.75) is 69.4 Å². The highest BCUT2D eigenvalue weighted by Crippen LogP contribution is 2.52. The van der Waals surface area contributed by atoms with E-state index in [0.29, 0.717) is 0 Å². The van der Waals surface area contributed by atoms with Crippen LogP contribution < -0.4 is 15.4 Å². The van der Waals surface area contributed by atoms with Crippen LogP contribution in [0, 0.1) is 0 Å². The van der Waals surface area contributed by atoms with E-state index in [1.165, 1.54) is 32.4 Å². The number of fused-ring (bicyclic) bond motifs is 3. The van der Waals surface area contributed by atoms with Crippen molar-refractivity contribution in [3.05, 3.63) is 51.6 Å². The van der Waals surface area contributed by atoms with Crippen molar-refractivity contribution in [1.82, 2.24) is 10.6 Å². The predicted octanol–water partition coefficient (Wildman–Crippen LogP) is 0.999. The molecule has 6 atom stereocenters. The summed E-state index contributed by atoms with van der Waals surface area (Å²) in [6.07, 6.45) is -5.22. The number of hydrogen-bond acceptors (Lipinski definition) is 11. The summed E-state index contributed by atoms with van der Waals surface area (Å²) < 4.78 is 17.2. The third-order valence-corrected chi connectivity index (χ3v) is 8.30. The van der Waals surface area contributed by atoms with E-state index in [1.807, 2.05) is 0 Å². The van der Waals surface area contributed by atoms with E-state index in [2.05, 4.69) is 10.6 Å². The number of urea groups is 1. The second-order valence-corrected chi connectivity index (χ2v) is 10.8. The SMILES string of the molecule is CNC(=O)N[C@H]1C[C@H](O[C@H]2C[C@](O)(C(C)=O)Cc3c(O)c4c(c(O)c32)C(=O)c2c(OC)cccc2C4=O)O[C@@H](C)[C@H]1O. The minimum atomic E-state index is -2.06. The minimum absolute atomic E-state index is 0.0373. The Bertz CT molecular complexity index is 1510. The topological polar surface area (TPSA) is 201 Å². The van der Waals surface area contributed by atoms with E-state index in [0.717, 1.165) is 6.92 Å². The van der Waals surface area contributed by atoms with Crippen LogP contribution in [-0.4, -0.2) is 88.1 Å². The zero-order valence-corrected chi connectivity index (χ0v) is 23.4. The molecular formula is C29H32N2O11. The van der Waals surface area contributed by atoms with Crippen LogP contribution in [-0.2, 0) is 20.7 Å². The molecule has 13 nitrogen and oxygen atoms in total. The van der Waals surface area contributed by atoms with Crippen LogP contribution in [0.4, 0.5) is 4.79 Å². The molecular weight excluding hydrogens is 552 g/mol. The van der Waals surface area contributed by atoms with Gasteiger partial charge in [-0.05, 0) is 19.9 Å². The Morgan fingerprint density at radius 3 is 2.43 bits per heavy atom. The molecule has 6 N–H and O–H groups in total. The largest absolute Gasteiger partial charge is 0.507 e. The molecule has 3 aliphatic rings. The lowest BCUT2D eigenvalue weighted by molar-refractivity contribution is -0.248. The summed E-state index contributed by atoms with van der Waals surface area (Å²) in [5.74, 6) is -3.37. The third kappa shape index (κ3) is 4.58. The van der Waals surface area contributed by atoms with Crippen LogP contribution in [0.25, 0.3) is 0 Å². The number of hydrogen-bond donors (Lipinski definition) is 6. The zero-order chi connectivity index (χ0) is 30.7. The normalized spacial score (nSPS) is 28.3. The number of ketones is 3. The number of amides is 2. The fourth-order valence-corrected chi connectivity index (χ4v) is 6.01. The molecule has 2 aromatic carbocycles. The number of carbonyl (C=O) groups excluding carboxylic acids is 4. The first-order valence-corrected chi connectivity index (χ1v) is 13.4. The number of Topliss-reactive ketones (excluding diaryl/α,β-unsaturated/α-hetero) is 1. The number of aliphatic hydroxyl groups excluding tert-OH is 1. The second-order valence-electron chi connectivity index (χ2n) is 10.8. The fourth-order valence-electron chi connectivity index (χ4n) is 6.01. The van der Waals surface area contributed by atoms with Gasteiger partial charge in [-0.2, -0.15) is 0 Å². The van der Waals surface area contributed by atoms with Gasteiger partial charge in [-0.15, -0.1) is 0 Å². The van der Waals surface area contributed by atoms with E-state index in [9.17, 15) is 39.6 Å². The average molecular weight is 585 g/mol. The second kappa shape index (κ2) is 10.7. The molecule has 0 spiro atoms. The van der Waals surface area contributed by atoms with Gasteiger partial charge < -0.3 is 45.3 Å². The van der Waals surface area contributed by atoms with E-state index in [-0.39, 0.29) is 40.8 Å². The van der Waals surface area contributed by atoms with Gasteiger partial charge in [0.15, 0.2) is 17.9 Å². The number of aromatic hydroxyl groups is 2. The summed E-state index contributed by atoms with van der Waals surface area (Å²) in [6, 6.07) is 3.04. The molecule has 0 unspecified atom stereocenters. The van der Waals surface area contributed by atoms with Gasteiger partial charge in [0.25, 0.3) is 0 Å². The molecule has 1 heterocycles. The summed E-state index contributed by atoms with van der Waals surface area (Å²) in [6.45, 7) is 2.72. The highest BCUT2D eigenvalue weighted by atomic mass is 16.7. The monoisotopic (exact) mass is 584 g/mol. The number of carbonyl (C=O) groups is 4. The first-order chi connectivity index (χ1) is 19.8. The van der Waals surface area contributed by atoms with Crippen molar-refractivity contribution in [2.24, 2.45) is 0 Å². The van der Waals surface area contributed by atoms with Gasteiger partial charge in [0.05, 0.1) is 42.0 Å². The Hall–Kier alpha value is -4.04. The standard InChI is InChI=1S/C29H32N2O11/c1-11-23(33)15(31-28(38)30-3)8-18(41-11)42-17-10-29(39,12(2)32)9-14-20(17)27(37)22-21(25(14)35)24(34)13-6-5-7-16(40-4)19(13)26(22)36/h5-7,11,15,17-18,23,33,35,37,39H,8-10H2,1-4H3,(H2,30,31,38)/t11-,15-,17-,18-,23+,29-/m0/s1. The number of ether oxygens (including phenoxy) is 3. The maximum absolute atomic E-state index is 13.7. The van der Waals surface area contributed by atoms with Crippen molar-refractivity contribution < 1.29 is 53.8 Å². The molecule has 2 aliphatic carbocycles. The molecule has 2 aromatic rings. The molecule has 42 heavy (non-hydrogen) atoms. The Labute approximate surface area is 240 Å². The Morgan fingerprint density at radius 1 is 1.10 bits per heavy atom. The maximum Gasteiger partial charge on any atom is 0.314 e. The fraction of sp³-hybridized carbons (Fsp3) is 0.448. The van der Waals surface area contributed by atoms with Gasteiger partial charge in [0.2, 0.25) is 5.78 Å². The van der Waals surface area contributed by atoms with E-state index in [1.54, 1.807) is 6.92 Å². The van der Waals surface area contributed by atoms with Crippen LogP contribution >= 0.6 is 0 Å². The van der Waals surface area contributed by atoms with Crippen LogP contribution in [0.2, 0.25) is 0 Å². The molecule has 1 saturated heterocycles. The molecule has 13 heteroatoms. The van der Waals surface area contributed by atoms with Crippen molar-refractivity contribution in [1.29, 1.82) is 0 Å². The molecule has 5 rings (SSSR count). The molecule has 0 saturated carbocycles. The van der Waals surface area contributed by atoms with Gasteiger partial charge in [-0.1, -0.05) is 12.1 Å². The Kier molecular flexibility index (Phi) is 7.47. The van der Waals surface area contributed by atoms with E-state index in [4.69, 9.17) is 14.2 Å². The summed E-state index contributed by atoms with van der Waals surface area (Å²) in [7, 11) is 2.74. The molecule has 0 bridgehead atoms. The first-order valence-electron chi connectivity index (χ1n) is 13.4. The van der Waals surface area contributed by atoms with Crippen molar-refractivity contribution >= 4 is 23.4 Å². The van der Waals surface area contributed by atoms with Gasteiger partial charge in [-0.25, -0.2) is 4.79 Å². The van der Waals surface area contributed by atoms with Crippen molar-refractivity contribution in [3.8, 4) is 17.2 Å². The minimum Gasteiger partial charge on any atom is -0.507 e. The lowest BCUT2D eigenvalue weighted by Gasteiger charge is -2.42. The molecule has 1 aliphatic heterocycles. The van der Waals surface area contributed by atoms with E-state index < -0.39 is 88.7 Å². The third-order valence-electron chi connectivity index (χ3n) is 8.30. The molecule has 0 radical (unpaired) electrons. The summed E-state index contributed by atoms with van der Waals surface area (Å²) in [4.78, 5) is 51.8. The number of phenols is 2. The number of methoxy groups -OCH3 is 1.